The van der Waals surface area contributed by atoms with E-state index in [1.807, 2.05) is 12.1 Å². The van der Waals surface area contributed by atoms with E-state index in [-0.39, 0.29) is 17.0 Å². The largest absolute Gasteiger partial charge is 0.370 e. The first-order valence-corrected chi connectivity index (χ1v) is 7.29. The van der Waals surface area contributed by atoms with E-state index >= 15 is 0 Å². The summed E-state index contributed by atoms with van der Waals surface area (Å²) in [6, 6.07) is 7.74. The number of nitrogens with zero attached hydrogens (tertiary/aromatic N) is 2. The summed E-state index contributed by atoms with van der Waals surface area (Å²) in [6.45, 7) is 1.39. The first kappa shape index (κ1) is 14.9. The number of halogens is 2. The molecule has 2 aromatic rings. The zero-order valence-electron chi connectivity index (χ0n) is 11.7. The van der Waals surface area contributed by atoms with E-state index in [1.54, 1.807) is 17.3 Å². The highest BCUT2D eigenvalue weighted by molar-refractivity contribution is 6.31. The van der Waals surface area contributed by atoms with Gasteiger partial charge in [-0.15, -0.1) is 0 Å². The molecule has 1 amide bonds. The standard InChI is InChI=1S/C16H14ClFN2O2/c17-13-9-12(1-2-14(13)18)16(21)20-7-8-22-15(10-20)11-3-5-19-6-4-11/h1-6,9,15H,7-8,10H2. The molecule has 1 atom stereocenters. The highest BCUT2D eigenvalue weighted by Gasteiger charge is 2.26. The summed E-state index contributed by atoms with van der Waals surface area (Å²) in [5, 5.41) is -0.0511. The van der Waals surface area contributed by atoms with Gasteiger partial charge in [-0.25, -0.2) is 4.39 Å². The van der Waals surface area contributed by atoms with Crippen molar-refractivity contribution < 1.29 is 13.9 Å². The van der Waals surface area contributed by atoms with Crippen molar-refractivity contribution in [2.45, 2.75) is 6.10 Å². The molecule has 1 fully saturated rings. The highest BCUT2D eigenvalue weighted by atomic mass is 35.5. The minimum Gasteiger partial charge on any atom is -0.370 e. The van der Waals surface area contributed by atoms with Gasteiger partial charge < -0.3 is 9.64 Å². The molecule has 4 nitrogen and oxygen atoms in total. The molecule has 1 aromatic heterocycles. The fraction of sp³-hybridized carbons (Fsp3) is 0.250. The van der Waals surface area contributed by atoms with Crippen LogP contribution in [-0.4, -0.2) is 35.5 Å². The van der Waals surface area contributed by atoms with Gasteiger partial charge in [0.25, 0.3) is 5.91 Å². The second-order valence-corrected chi connectivity index (χ2v) is 5.43. The van der Waals surface area contributed by atoms with Gasteiger partial charge in [-0.2, -0.15) is 0 Å². The normalized spacial score (nSPS) is 18.3. The zero-order valence-corrected chi connectivity index (χ0v) is 12.5. The number of hydrogen-bond acceptors (Lipinski definition) is 3. The summed E-state index contributed by atoms with van der Waals surface area (Å²) < 4.78 is 18.9. The Balaban J connectivity index is 1.76. The molecule has 1 aliphatic rings. The Kier molecular flexibility index (Phi) is 4.36. The number of benzene rings is 1. The van der Waals surface area contributed by atoms with Crippen LogP contribution in [0, 0.1) is 5.82 Å². The second-order valence-electron chi connectivity index (χ2n) is 5.02. The number of hydrogen-bond donors (Lipinski definition) is 0. The van der Waals surface area contributed by atoms with Crippen molar-refractivity contribution in [1.82, 2.24) is 9.88 Å². The van der Waals surface area contributed by atoms with Gasteiger partial charge in [0.05, 0.1) is 18.2 Å². The van der Waals surface area contributed by atoms with Gasteiger partial charge in [0.2, 0.25) is 0 Å². The van der Waals surface area contributed by atoms with Crippen molar-refractivity contribution in [3.05, 3.63) is 64.7 Å². The van der Waals surface area contributed by atoms with Crippen molar-refractivity contribution in [2.75, 3.05) is 19.7 Å². The van der Waals surface area contributed by atoms with Crippen molar-refractivity contribution in [2.24, 2.45) is 0 Å². The third-order valence-corrected chi connectivity index (χ3v) is 3.89. The Hall–Kier alpha value is -1.98. The fourth-order valence-corrected chi connectivity index (χ4v) is 2.61. The Bertz CT molecular complexity index is 681. The lowest BCUT2D eigenvalue weighted by Gasteiger charge is -2.33. The zero-order chi connectivity index (χ0) is 15.5. The molecule has 0 aliphatic carbocycles. The maximum Gasteiger partial charge on any atom is 0.254 e. The highest BCUT2D eigenvalue weighted by Crippen LogP contribution is 2.24. The Morgan fingerprint density at radius 3 is 2.82 bits per heavy atom. The van der Waals surface area contributed by atoms with Crippen LogP contribution in [0.2, 0.25) is 5.02 Å². The second kappa shape index (κ2) is 6.42. The van der Waals surface area contributed by atoms with Crippen LogP contribution in [0.4, 0.5) is 4.39 Å². The summed E-state index contributed by atoms with van der Waals surface area (Å²) >= 11 is 5.74. The number of carbonyl (C=O) groups is 1. The number of rotatable bonds is 2. The minimum absolute atomic E-state index is 0.0511. The molecule has 1 aliphatic heterocycles. The van der Waals surface area contributed by atoms with E-state index in [2.05, 4.69) is 4.98 Å². The molecule has 1 saturated heterocycles. The van der Waals surface area contributed by atoms with Crippen LogP contribution < -0.4 is 0 Å². The number of carbonyl (C=O) groups excluding carboxylic acids is 1. The van der Waals surface area contributed by atoms with Gasteiger partial charge >= 0.3 is 0 Å². The molecule has 1 unspecified atom stereocenters. The van der Waals surface area contributed by atoms with E-state index in [0.717, 1.165) is 5.56 Å². The molecule has 6 heteroatoms. The van der Waals surface area contributed by atoms with Crippen LogP contribution in [0.25, 0.3) is 0 Å². The van der Waals surface area contributed by atoms with Gasteiger partial charge in [0.1, 0.15) is 11.9 Å². The number of ether oxygens (including phenoxy) is 1. The lowest BCUT2D eigenvalue weighted by molar-refractivity contribution is -0.0228. The van der Waals surface area contributed by atoms with E-state index in [1.165, 1.54) is 18.2 Å². The fourth-order valence-electron chi connectivity index (χ4n) is 2.43. The van der Waals surface area contributed by atoms with E-state index in [0.29, 0.717) is 25.3 Å². The number of pyridine rings is 1. The first-order chi connectivity index (χ1) is 10.6. The van der Waals surface area contributed by atoms with Crippen molar-refractivity contribution in [3.63, 3.8) is 0 Å². The van der Waals surface area contributed by atoms with Crippen LogP contribution in [0.15, 0.2) is 42.7 Å². The quantitative estimate of drug-likeness (QED) is 0.854. The smallest absolute Gasteiger partial charge is 0.254 e. The molecule has 0 bridgehead atoms. The summed E-state index contributed by atoms with van der Waals surface area (Å²) in [7, 11) is 0. The molecule has 0 spiro atoms. The lowest BCUT2D eigenvalue weighted by atomic mass is 10.1. The van der Waals surface area contributed by atoms with Gasteiger partial charge in [-0.1, -0.05) is 11.6 Å². The summed E-state index contributed by atoms with van der Waals surface area (Å²) in [6.07, 6.45) is 3.20. The molecule has 0 saturated carbocycles. The summed E-state index contributed by atoms with van der Waals surface area (Å²) in [4.78, 5) is 18.2. The average molecular weight is 321 g/mol. The molecule has 2 heterocycles. The predicted molar refractivity (Wildman–Crippen MR) is 80.2 cm³/mol. The Morgan fingerprint density at radius 2 is 2.09 bits per heavy atom. The van der Waals surface area contributed by atoms with E-state index in [4.69, 9.17) is 16.3 Å². The van der Waals surface area contributed by atoms with Crippen molar-refractivity contribution in [3.8, 4) is 0 Å². The Labute approximate surface area is 132 Å². The number of aromatic nitrogens is 1. The van der Waals surface area contributed by atoms with Crippen LogP contribution in [0.5, 0.6) is 0 Å². The third kappa shape index (κ3) is 3.10. The molecule has 0 N–H and O–H groups in total. The van der Waals surface area contributed by atoms with Gasteiger partial charge in [-0.05, 0) is 35.9 Å². The SMILES string of the molecule is O=C(c1ccc(F)c(Cl)c1)N1CCOC(c2ccncc2)C1. The minimum atomic E-state index is -0.533. The summed E-state index contributed by atoms with van der Waals surface area (Å²) in [5.41, 5.74) is 1.35. The van der Waals surface area contributed by atoms with E-state index < -0.39 is 5.82 Å². The Morgan fingerprint density at radius 1 is 1.32 bits per heavy atom. The van der Waals surface area contributed by atoms with Crippen LogP contribution >= 0.6 is 11.6 Å². The van der Waals surface area contributed by atoms with E-state index in [9.17, 15) is 9.18 Å². The number of morpholine rings is 1. The third-order valence-electron chi connectivity index (χ3n) is 3.60. The van der Waals surface area contributed by atoms with Gasteiger partial charge in [0, 0.05) is 24.5 Å². The first-order valence-electron chi connectivity index (χ1n) is 6.91. The van der Waals surface area contributed by atoms with Crippen LogP contribution in [0.3, 0.4) is 0 Å². The molecule has 22 heavy (non-hydrogen) atoms. The van der Waals surface area contributed by atoms with Crippen LogP contribution in [-0.2, 0) is 4.74 Å². The van der Waals surface area contributed by atoms with Crippen molar-refractivity contribution in [1.29, 1.82) is 0 Å². The molecule has 114 valence electrons. The van der Waals surface area contributed by atoms with Gasteiger partial charge in [-0.3, -0.25) is 9.78 Å². The molecular weight excluding hydrogens is 307 g/mol. The topological polar surface area (TPSA) is 42.4 Å². The molecule has 3 rings (SSSR count). The average Bonchev–Trinajstić information content (AvgIpc) is 2.57. The molecule has 0 radical (unpaired) electrons. The summed E-state index contributed by atoms with van der Waals surface area (Å²) in [5.74, 6) is -0.709. The lowest BCUT2D eigenvalue weighted by Crippen LogP contribution is -2.42. The maximum absolute atomic E-state index is 13.2. The predicted octanol–water partition coefficient (Wildman–Crippen LogP) is 3.09. The molecular formula is C16H14ClFN2O2. The number of amides is 1. The maximum atomic E-state index is 13.2. The monoisotopic (exact) mass is 320 g/mol. The molecule has 1 aromatic carbocycles. The van der Waals surface area contributed by atoms with Crippen LogP contribution in [0.1, 0.15) is 22.0 Å². The van der Waals surface area contributed by atoms with Gasteiger partial charge in [0.15, 0.2) is 0 Å². The van der Waals surface area contributed by atoms with Crippen molar-refractivity contribution >= 4 is 17.5 Å².